The van der Waals surface area contributed by atoms with Crippen LogP contribution in [-0.4, -0.2) is 66.1 Å². The highest BCUT2D eigenvalue weighted by Gasteiger charge is 2.39. The van der Waals surface area contributed by atoms with Gasteiger partial charge in [-0.2, -0.15) is 0 Å². The lowest BCUT2D eigenvalue weighted by Gasteiger charge is -2.40. The molecule has 7 heteroatoms. The van der Waals surface area contributed by atoms with Gasteiger partial charge in [0, 0.05) is 43.1 Å². The summed E-state index contributed by atoms with van der Waals surface area (Å²) in [5.41, 5.74) is 4.14. The van der Waals surface area contributed by atoms with E-state index in [1.807, 2.05) is 32.6 Å². The number of carbonyl (C=O) groups excluding carboxylic acids is 2. The van der Waals surface area contributed by atoms with E-state index < -0.39 is 5.41 Å². The number of nitrogens with zero attached hydrogens (tertiary/aromatic N) is 3. The summed E-state index contributed by atoms with van der Waals surface area (Å²) in [6, 6.07) is 6.59. The maximum atomic E-state index is 13.2. The lowest BCUT2D eigenvalue weighted by atomic mass is 9.79. The van der Waals surface area contributed by atoms with Crippen LogP contribution in [0, 0.1) is 11.3 Å². The second-order valence-electron chi connectivity index (χ2n) is 9.83. The Morgan fingerprint density at radius 1 is 1.24 bits per heavy atom. The van der Waals surface area contributed by atoms with Crippen molar-refractivity contribution in [1.29, 1.82) is 0 Å². The van der Waals surface area contributed by atoms with Gasteiger partial charge in [0.25, 0.3) is 0 Å². The second-order valence-corrected chi connectivity index (χ2v) is 10.6. The Balaban J connectivity index is 1.83. The van der Waals surface area contributed by atoms with Crippen molar-refractivity contribution in [3.63, 3.8) is 0 Å². The first-order valence-corrected chi connectivity index (χ1v) is 12.5. The molecule has 2 aromatic rings. The number of fused-ring (bicyclic) bond motifs is 2. The van der Waals surface area contributed by atoms with Crippen molar-refractivity contribution in [3.8, 4) is 0 Å². The minimum atomic E-state index is -0.658. The van der Waals surface area contributed by atoms with Crippen LogP contribution in [0.2, 0.25) is 0 Å². The fraction of sp³-hybridized carbons (Fsp3) is 0.538. The molecule has 1 aromatic carbocycles. The molecule has 4 rings (SSSR count). The van der Waals surface area contributed by atoms with Gasteiger partial charge in [-0.05, 0) is 79.9 Å². The van der Waals surface area contributed by atoms with Gasteiger partial charge in [0.1, 0.15) is 0 Å². The van der Waals surface area contributed by atoms with Crippen LogP contribution in [-0.2, 0) is 27.3 Å². The Morgan fingerprint density at radius 3 is 2.58 bits per heavy atom. The third-order valence-electron chi connectivity index (χ3n) is 7.27. The van der Waals surface area contributed by atoms with Gasteiger partial charge in [-0.25, -0.2) is 0 Å². The summed E-state index contributed by atoms with van der Waals surface area (Å²) in [5, 5.41) is 1.22. The molecule has 178 valence electrons. The molecule has 1 aliphatic heterocycles. The van der Waals surface area contributed by atoms with Gasteiger partial charge >= 0.3 is 5.97 Å². The number of rotatable bonds is 6. The third kappa shape index (κ3) is 3.93. The van der Waals surface area contributed by atoms with Crippen LogP contribution in [0.1, 0.15) is 38.8 Å². The zero-order chi connectivity index (χ0) is 24.1. The summed E-state index contributed by atoms with van der Waals surface area (Å²) in [6.45, 7) is 10.6. The first-order chi connectivity index (χ1) is 15.6. The van der Waals surface area contributed by atoms with Crippen molar-refractivity contribution in [2.75, 3.05) is 33.8 Å². The molecule has 2 heterocycles. The van der Waals surface area contributed by atoms with Crippen LogP contribution in [0.25, 0.3) is 16.5 Å². The lowest BCUT2D eigenvalue weighted by molar-refractivity contribution is -0.151. The van der Waals surface area contributed by atoms with Crippen molar-refractivity contribution in [2.45, 2.75) is 46.7 Å². The van der Waals surface area contributed by atoms with Crippen LogP contribution in [0.3, 0.4) is 0 Å². The predicted octanol–water partition coefficient (Wildman–Crippen LogP) is 4.34. The van der Waals surface area contributed by atoms with Crippen LogP contribution in [0.4, 0.5) is 0 Å². The highest BCUT2D eigenvalue weighted by molar-refractivity contribution is 9.10. The number of methoxy groups -OCH3 is 1. The van der Waals surface area contributed by atoms with E-state index in [4.69, 9.17) is 4.74 Å². The van der Waals surface area contributed by atoms with E-state index in [2.05, 4.69) is 56.7 Å². The van der Waals surface area contributed by atoms with E-state index in [0.717, 1.165) is 36.2 Å². The monoisotopic (exact) mass is 515 g/mol. The van der Waals surface area contributed by atoms with E-state index in [9.17, 15) is 9.59 Å². The molecule has 1 aromatic heterocycles. The smallest absolute Gasteiger partial charge is 0.313 e. The zero-order valence-corrected chi connectivity index (χ0v) is 22.0. The number of carbonyl (C=O) groups is 2. The minimum absolute atomic E-state index is 0.137. The molecule has 0 saturated carbocycles. The van der Waals surface area contributed by atoms with E-state index >= 15 is 0 Å². The molecule has 1 aliphatic carbocycles. The second kappa shape index (κ2) is 8.91. The maximum Gasteiger partial charge on any atom is 0.313 e. The predicted molar refractivity (Wildman–Crippen MR) is 135 cm³/mol. The summed E-state index contributed by atoms with van der Waals surface area (Å²) in [7, 11) is 3.56. The summed E-state index contributed by atoms with van der Waals surface area (Å²) < 4.78 is 8.27. The highest BCUT2D eigenvalue weighted by atomic mass is 79.9. The van der Waals surface area contributed by atoms with E-state index in [-0.39, 0.29) is 23.8 Å². The van der Waals surface area contributed by atoms with Crippen LogP contribution >= 0.6 is 15.9 Å². The van der Waals surface area contributed by atoms with Crippen LogP contribution in [0.5, 0.6) is 0 Å². The van der Waals surface area contributed by atoms with Gasteiger partial charge in [0.05, 0.1) is 23.0 Å². The number of likely N-dealkylation sites (N-methyl/N-ethyl adjacent to an activating group) is 1. The molecule has 0 unspecified atom stereocenters. The van der Waals surface area contributed by atoms with Gasteiger partial charge in [0.2, 0.25) is 5.91 Å². The maximum absolute atomic E-state index is 13.2. The van der Waals surface area contributed by atoms with Gasteiger partial charge in [-0.15, -0.1) is 0 Å². The largest absolute Gasteiger partial charge is 0.469 e. The first kappa shape index (κ1) is 24.0. The molecule has 6 nitrogen and oxygen atoms in total. The number of halogens is 1. The quantitative estimate of drug-likeness (QED) is 0.537. The molecule has 2 atom stereocenters. The third-order valence-corrected chi connectivity index (χ3v) is 8.18. The molecule has 0 fully saturated rings. The van der Waals surface area contributed by atoms with Crippen LogP contribution < -0.4 is 0 Å². The van der Waals surface area contributed by atoms with E-state index in [1.54, 1.807) is 0 Å². The highest BCUT2D eigenvalue weighted by Crippen LogP contribution is 2.45. The molecule has 0 spiro atoms. The zero-order valence-electron chi connectivity index (χ0n) is 20.4. The number of esters is 1. The number of benzene rings is 1. The standard InChI is InChI=1S/C26H34BrN3O3/c1-7-29(8-2)24(31)16-12-18-17-10-9-11-20-22(17)19(13-21(18)28(5)14-16)23(27)30(20)15-26(3,4)25(32)33-6/h9-12,16,21H,7-8,13-15H2,1-6H3/t16-,21-/m1/s1. The summed E-state index contributed by atoms with van der Waals surface area (Å²) in [5.74, 6) is -0.159. The summed E-state index contributed by atoms with van der Waals surface area (Å²) >= 11 is 3.87. The molecule has 0 radical (unpaired) electrons. The number of hydrogen-bond acceptors (Lipinski definition) is 4. The SMILES string of the molecule is CCN(CC)C(=O)[C@@H]1C=C2c3cccc4c3c(c(Br)n4CC(C)(C)C(=O)OC)C[C@H]2N(C)C1. The fourth-order valence-electron chi connectivity index (χ4n) is 5.47. The van der Waals surface area contributed by atoms with Gasteiger partial charge in [-0.1, -0.05) is 18.2 Å². The van der Waals surface area contributed by atoms with Crippen molar-refractivity contribution in [3.05, 3.63) is 40.0 Å². The molecule has 2 aliphatic rings. The summed E-state index contributed by atoms with van der Waals surface area (Å²) in [6.07, 6.45) is 3.08. The van der Waals surface area contributed by atoms with Crippen LogP contribution in [0.15, 0.2) is 28.9 Å². The first-order valence-electron chi connectivity index (χ1n) is 11.7. The Kier molecular flexibility index (Phi) is 6.49. The van der Waals surface area contributed by atoms with Crippen molar-refractivity contribution in [1.82, 2.24) is 14.4 Å². The van der Waals surface area contributed by atoms with Crippen molar-refractivity contribution >= 4 is 44.3 Å². The van der Waals surface area contributed by atoms with Gasteiger partial charge in [0.15, 0.2) is 0 Å². The number of amides is 1. The lowest BCUT2D eigenvalue weighted by Crippen LogP contribution is -2.47. The molecular formula is C26H34BrN3O3. The van der Waals surface area contributed by atoms with Crippen molar-refractivity contribution < 1.29 is 14.3 Å². The summed E-state index contributed by atoms with van der Waals surface area (Å²) in [4.78, 5) is 29.8. The molecule has 0 bridgehead atoms. The van der Waals surface area contributed by atoms with E-state index in [0.29, 0.717) is 6.54 Å². The Labute approximate surface area is 204 Å². The number of ether oxygens (including phenoxy) is 1. The fourth-order valence-corrected chi connectivity index (χ4v) is 6.15. The van der Waals surface area contributed by atoms with Gasteiger partial charge in [-0.3, -0.25) is 14.5 Å². The Morgan fingerprint density at radius 2 is 1.94 bits per heavy atom. The minimum Gasteiger partial charge on any atom is -0.469 e. The number of aromatic nitrogens is 1. The topological polar surface area (TPSA) is 54.8 Å². The van der Waals surface area contributed by atoms with E-state index in [1.165, 1.54) is 29.2 Å². The molecule has 0 saturated heterocycles. The average molecular weight is 516 g/mol. The molecule has 1 amide bonds. The van der Waals surface area contributed by atoms with Crippen molar-refractivity contribution in [2.24, 2.45) is 11.3 Å². The normalized spacial score (nSPS) is 20.4. The Hall–Kier alpha value is -2.12. The average Bonchev–Trinajstić information content (AvgIpc) is 3.06. The Bertz CT molecular complexity index is 1130. The van der Waals surface area contributed by atoms with Gasteiger partial charge < -0.3 is 14.2 Å². The molecular weight excluding hydrogens is 482 g/mol. The number of hydrogen-bond donors (Lipinski definition) is 0. The molecule has 0 N–H and O–H groups in total. The molecule has 33 heavy (non-hydrogen) atoms.